The van der Waals surface area contributed by atoms with Gasteiger partial charge in [0.05, 0.1) is 28.6 Å². The van der Waals surface area contributed by atoms with Crippen LogP contribution >= 0.6 is 11.6 Å². The molecule has 0 aliphatic rings. The number of rotatable bonds is 3. The number of nitrogens with zero attached hydrogens (tertiary/aromatic N) is 1. The van der Waals surface area contributed by atoms with Crippen LogP contribution in [0.5, 0.6) is 0 Å². The number of aromatic nitrogens is 2. The maximum absolute atomic E-state index is 13.7. The standard InChI is InChI=1S/C18H12ClFN2O3/c1-25-18(24)11-6-7-12-15(9-11)21-16(22-17(12)23)13(19)8-10-4-2-3-5-14(10)20/h2-9H,1H3,(H,21,22,23)/b13-8-. The topological polar surface area (TPSA) is 72.1 Å². The van der Waals surface area contributed by atoms with Crippen molar-refractivity contribution in [1.82, 2.24) is 9.97 Å². The maximum Gasteiger partial charge on any atom is 0.337 e. The van der Waals surface area contributed by atoms with Gasteiger partial charge in [-0.1, -0.05) is 29.8 Å². The summed E-state index contributed by atoms with van der Waals surface area (Å²) in [5, 5.41) is 0.360. The Labute approximate surface area is 146 Å². The van der Waals surface area contributed by atoms with E-state index in [0.717, 1.165) is 0 Å². The lowest BCUT2D eigenvalue weighted by molar-refractivity contribution is 0.0601. The summed E-state index contributed by atoms with van der Waals surface area (Å²) in [5.41, 5.74) is 0.380. The second-order valence-corrected chi connectivity index (χ2v) is 5.56. The lowest BCUT2D eigenvalue weighted by Crippen LogP contribution is -2.11. The number of halogens is 2. The molecule has 7 heteroatoms. The SMILES string of the molecule is COC(=O)c1ccc2c(=O)[nH]c(/C(Cl)=C/c3ccccc3F)nc2c1. The third kappa shape index (κ3) is 3.44. The van der Waals surface area contributed by atoms with E-state index in [1.807, 2.05) is 0 Å². The number of nitrogens with one attached hydrogen (secondary N) is 1. The minimum Gasteiger partial charge on any atom is -0.465 e. The Kier molecular flexibility index (Phi) is 4.63. The monoisotopic (exact) mass is 358 g/mol. The third-order valence-corrected chi connectivity index (χ3v) is 3.83. The van der Waals surface area contributed by atoms with E-state index in [9.17, 15) is 14.0 Å². The summed E-state index contributed by atoms with van der Waals surface area (Å²) in [7, 11) is 1.26. The number of fused-ring (bicyclic) bond motifs is 1. The van der Waals surface area contributed by atoms with Gasteiger partial charge in [-0.05, 0) is 30.3 Å². The zero-order valence-corrected chi connectivity index (χ0v) is 13.8. The predicted molar refractivity (Wildman–Crippen MR) is 93.8 cm³/mol. The third-order valence-electron chi connectivity index (χ3n) is 3.54. The number of esters is 1. The van der Waals surface area contributed by atoms with Gasteiger partial charge in [0.15, 0.2) is 5.82 Å². The molecule has 0 aliphatic heterocycles. The summed E-state index contributed by atoms with van der Waals surface area (Å²) in [4.78, 5) is 30.6. The molecule has 0 radical (unpaired) electrons. The Balaban J connectivity index is 2.12. The fourth-order valence-electron chi connectivity index (χ4n) is 2.29. The van der Waals surface area contributed by atoms with Gasteiger partial charge in [-0.25, -0.2) is 14.2 Å². The van der Waals surface area contributed by atoms with Gasteiger partial charge in [0.2, 0.25) is 0 Å². The molecular weight excluding hydrogens is 347 g/mol. The maximum atomic E-state index is 13.7. The van der Waals surface area contributed by atoms with Crippen LogP contribution in [0.1, 0.15) is 21.7 Å². The number of hydrogen-bond donors (Lipinski definition) is 1. The number of carbonyl (C=O) groups excluding carboxylic acids is 1. The Morgan fingerprint density at radius 3 is 2.76 bits per heavy atom. The Hall–Kier alpha value is -2.99. The molecule has 0 bridgehead atoms. The van der Waals surface area contributed by atoms with Gasteiger partial charge in [-0.15, -0.1) is 0 Å². The summed E-state index contributed by atoms with van der Waals surface area (Å²) in [6.07, 6.45) is 1.37. The molecule has 0 saturated heterocycles. The van der Waals surface area contributed by atoms with Crippen molar-refractivity contribution in [3.63, 3.8) is 0 Å². The number of aromatic amines is 1. The molecule has 0 fully saturated rings. The molecular formula is C18H12ClFN2O3. The molecule has 1 N–H and O–H groups in total. The number of hydrogen-bond acceptors (Lipinski definition) is 4. The highest BCUT2D eigenvalue weighted by molar-refractivity contribution is 6.50. The normalized spacial score (nSPS) is 11.6. The van der Waals surface area contributed by atoms with Crippen LogP contribution in [0.3, 0.4) is 0 Å². The first kappa shape index (κ1) is 16.9. The lowest BCUT2D eigenvalue weighted by atomic mass is 10.1. The van der Waals surface area contributed by atoms with Gasteiger partial charge in [-0.3, -0.25) is 4.79 Å². The minimum absolute atomic E-state index is 0.0626. The smallest absolute Gasteiger partial charge is 0.337 e. The zero-order valence-electron chi connectivity index (χ0n) is 13.0. The van der Waals surface area contributed by atoms with E-state index < -0.39 is 17.3 Å². The highest BCUT2D eigenvalue weighted by atomic mass is 35.5. The average molecular weight is 359 g/mol. The summed E-state index contributed by atoms with van der Waals surface area (Å²) in [6.45, 7) is 0. The number of ether oxygens (including phenoxy) is 1. The van der Waals surface area contributed by atoms with Crippen LogP contribution < -0.4 is 5.56 Å². The Morgan fingerprint density at radius 2 is 2.04 bits per heavy atom. The first-order valence-electron chi connectivity index (χ1n) is 7.24. The summed E-state index contributed by atoms with van der Waals surface area (Å²) in [5.74, 6) is -0.917. The van der Waals surface area contributed by atoms with Gasteiger partial charge in [0.1, 0.15) is 5.82 Å². The van der Waals surface area contributed by atoms with Crippen LogP contribution in [0.4, 0.5) is 4.39 Å². The number of carbonyl (C=O) groups is 1. The molecule has 0 aliphatic carbocycles. The van der Waals surface area contributed by atoms with E-state index >= 15 is 0 Å². The van der Waals surface area contributed by atoms with Gasteiger partial charge < -0.3 is 9.72 Å². The van der Waals surface area contributed by atoms with Gasteiger partial charge in [0.25, 0.3) is 5.56 Å². The van der Waals surface area contributed by atoms with E-state index in [2.05, 4.69) is 14.7 Å². The van der Waals surface area contributed by atoms with Gasteiger partial charge >= 0.3 is 5.97 Å². The van der Waals surface area contributed by atoms with E-state index in [0.29, 0.717) is 5.39 Å². The van der Waals surface area contributed by atoms with Crippen molar-refractivity contribution in [3.8, 4) is 0 Å². The molecule has 126 valence electrons. The van der Waals surface area contributed by atoms with Crippen LogP contribution in [-0.2, 0) is 4.74 Å². The fourth-order valence-corrected chi connectivity index (χ4v) is 2.50. The molecule has 0 spiro atoms. The molecule has 2 aromatic carbocycles. The molecule has 0 saturated carbocycles. The molecule has 1 heterocycles. The van der Waals surface area contributed by atoms with Crippen molar-refractivity contribution >= 4 is 39.6 Å². The Morgan fingerprint density at radius 1 is 1.28 bits per heavy atom. The molecule has 3 rings (SSSR count). The van der Waals surface area contributed by atoms with Crippen LogP contribution in [0.15, 0.2) is 47.3 Å². The van der Waals surface area contributed by atoms with Crippen molar-refractivity contribution in [2.24, 2.45) is 0 Å². The highest BCUT2D eigenvalue weighted by Gasteiger charge is 2.11. The molecule has 5 nitrogen and oxygen atoms in total. The van der Waals surface area contributed by atoms with Crippen molar-refractivity contribution in [1.29, 1.82) is 0 Å². The summed E-state index contributed by atoms with van der Waals surface area (Å²) >= 11 is 6.18. The van der Waals surface area contributed by atoms with Gasteiger partial charge in [-0.2, -0.15) is 0 Å². The van der Waals surface area contributed by atoms with Crippen LogP contribution in [0.25, 0.3) is 22.0 Å². The second-order valence-electron chi connectivity index (χ2n) is 5.15. The van der Waals surface area contributed by atoms with Crippen LogP contribution in [0, 0.1) is 5.82 Å². The highest BCUT2D eigenvalue weighted by Crippen LogP contribution is 2.21. The predicted octanol–water partition coefficient (Wildman–Crippen LogP) is 3.59. The second kappa shape index (κ2) is 6.86. The first-order valence-corrected chi connectivity index (χ1v) is 7.62. The van der Waals surface area contributed by atoms with E-state index in [1.54, 1.807) is 18.2 Å². The first-order chi connectivity index (χ1) is 12.0. The summed E-state index contributed by atoms with van der Waals surface area (Å²) in [6, 6.07) is 10.5. The van der Waals surface area contributed by atoms with E-state index in [1.165, 1.54) is 37.5 Å². The Bertz CT molecular complexity index is 1060. The molecule has 25 heavy (non-hydrogen) atoms. The molecule has 0 amide bonds. The number of H-pyrrole nitrogens is 1. The minimum atomic E-state index is -0.543. The molecule has 0 unspecified atom stereocenters. The van der Waals surface area contributed by atoms with Crippen molar-refractivity contribution in [2.75, 3.05) is 7.11 Å². The quantitative estimate of drug-likeness (QED) is 0.726. The molecule has 3 aromatic rings. The zero-order chi connectivity index (χ0) is 18.0. The average Bonchev–Trinajstić information content (AvgIpc) is 2.62. The number of methoxy groups -OCH3 is 1. The number of benzene rings is 2. The van der Waals surface area contributed by atoms with Crippen molar-refractivity contribution < 1.29 is 13.9 Å². The fraction of sp³-hybridized carbons (Fsp3) is 0.0556. The summed E-state index contributed by atoms with van der Waals surface area (Å²) < 4.78 is 18.4. The van der Waals surface area contributed by atoms with Crippen molar-refractivity contribution in [2.45, 2.75) is 0 Å². The lowest BCUT2D eigenvalue weighted by Gasteiger charge is -2.04. The van der Waals surface area contributed by atoms with Crippen LogP contribution in [0.2, 0.25) is 0 Å². The van der Waals surface area contributed by atoms with Crippen LogP contribution in [-0.4, -0.2) is 23.0 Å². The van der Waals surface area contributed by atoms with Gasteiger partial charge in [0, 0.05) is 5.56 Å². The van der Waals surface area contributed by atoms with Crippen molar-refractivity contribution in [3.05, 3.63) is 75.6 Å². The van der Waals surface area contributed by atoms with E-state index in [-0.39, 0.29) is 27.5 Å². The largest absolute Gasteiger partial charge is 0.465 e. The van der Waals surface area contributed by atoms with E-state index in [4.69, 9.17) is 11.6 Å². The molecule has 0 atom stereocenters. The molecule has 1 aromatic heterocycles.